The molecule has 4 rings (SSSR count). The summed E-state index contributed by atoms with van der Waals surface area (Å²) in [6, 6.07) is 7.28. The molecule has 0 radical (unpaired) electrons. The number of hydrogen-bond donors (Lipinski definition) is 1. The number of aromatic nitrogens is 2. The van der Waals surface area contributed by atoms with Crippen LogP contribution in [0.15, 0.2) is 24.3 Å². The van der Waals surface area contributed by atoms with Crippen LogP contribution >= 0.6 is 0 Å². The summed E-state index contributed by atoms with van der Waals surface area (Å²) in [7, 11) is 0. The Balaban J connectivity index is 1.53. The van der Waals surface area contributed by atoms with Crippen LogP contribution in [0.25, 0.3) is 0 Å². The molecule has 1 aromatic heterocycles. The van der Waals surface area contributed by atoms with Crippen molar-refractivity contribution >= 4 is 11.7 Å². The number of likely N-dealkylation sites (tertiary alicyclic amines) is 1. The van der Waals surface area contributed by atoms with E-state index in [1.165, 1.54) is 12.8 Å². The molecule has 1 atom stereocenters. The van der Waals surface area contributed by atoms with Gasteiger partial charge in [-0.05, 0) is 57.2 Å². The normalized spacial score (nSPS) is 19.9. The zero-order valence-electron chi connectivity index (χ0n) is 16.7. The van der Waals surface area contributed by atoms with E-state index in [2.05, 4.69) is 16.0 Å². The first-order chi connectivity index (χ1) is 13.5. The van der Waals surface area contributed by atoms with Crippen LogP contribution in [-0.4, -0.2) is 52.1 Å². The van der Waals surface area contributed by atoms with Gasteiger partial charge in [0.05, 0.1) is 5.69 Å². The van der Waals surface area contributed by atoms with E-state index in [0.717, 1.165) is 55.4 Å². The highest BCUT2D eigenvalue weighted by Gasteiger charge is 2.28. The molecule has 1 aromatic carbocycles. The SMILES string of the molecule is Cc1nc(C2CCCN(C(=O)c3ccc(C)c(O)c3)C2)cc(N2CCCC2)n1. The number of nitrogens with zero attached hydrogens (tertiary/aromatic N) is 4. The number of carbonyl (C=O) groups is 1. The van der Waals surface area contributed by atoms with Crippen LogP contribution in [0.3, 0.4) is 0 Å². The fourth-order valence-corrected chi connectivity index (χ4v) is 4.22. The molecule has 3 heterocycles. The number of amides is 1. The van der Waals surface area contributed by atoms with Gasteiger partial charge in [0, 0.05) is 43.7 Å². The summed E-state index contributed by atoms with van der Waals surface area (Å²) in [4.78, 5) is 26.5. The molecule has 2 fully saturated rings. The highest BCUT2D eigenvalue weighted by Crippen LogP contribution is 2.30. The Morgan fingerprint density at radius 1 is 1.07 bits per heavy atom. The number of phenols is 1. The second kappa shape index (κ2) is 7.78. The topological polar surface area (TPSA) is 69.6 Å². The van der Waals surface area contributed by atoms with E-state index in [9.17, 15) is 9.90 Å². The highest BCUT2D eigenvalue weighted by atomic mass is 16.3. The smallest absolute Gasteiger partial charge is 0.254 e. The van der Waals surface area contributed by atoms with Crippen molar-refractivity contribution in [2.45, 2.75) is 45.4 Å². The number of aryl methyl sites for hydroxylation is 2. The number of piperidine rings is 1. The summed E-state index contributed by atoms with van der Waals surface area (Å²) in [6.07, 6.45) is 4.41. The van der Waals surface area contributed by atoms with Crippen LogP contribution < -0.4 is 4.90 Å². The van der Waals surface area contributed by atoms with Gasteiger partial charge in [0.1, 0.15) is 17.4 Å². The number of aromatic hydroxyl groups is 1. The lowest BCUT2D eigenvalue weighted by molar-refractivity contribution is 0.0705. The van der Waals surface area contributed by atoms with E-state index in [1.807, 2.05) is 18.7 Å². The van der Waals surface area contributed by atoms with E-state index in [0.29, 0.717) is 12.1 Å². The summed E-state index contributed by atoms with van der Waals surface area (Å²) in [5.41, 5.74) is 2.36. The largest absolute Gasteiger partial charge is 0.508 e. The molecule has 0 bridgehead atoms. The fourth-order valence-electron chi connectivity index (χ4n) is 4.22. The van der Waals surface area contributed by atoms with Crippen molar-refractivity contribution in [3.63, 3.8) is 0 Å². The zero-order chi connectivity index (χ0) is 19.7. The minimum absolute atomic E-state index is 0.0226. The maximum absolute atomic E-state index is 13.0. The third-order valence-corrected chi connectivity index (χ3v) is 5.86. The molecule has 148 valence electrons. The first-order valence-corrected chi connectivity index (χ1v) is 10.2. The molecule has 1 N–H and O–H groups in total. The molecule has 6 nitrogen and oxygen atoms in total. The number of benzene rings is 1. The maximum Gasteiger partial charge on any atom is 0.254 e. The summed E-state index contributed by atoms with van der Waals surface area (Å²) < 4.78 is 0. The van der Waals surface area contributed by atoms with E-state index >= 15 is 0 Å². The third-order valence-electron chi connectivity index (χ3n) is 5.86. The minimum atomic E-state index is -0.0226. The quantitative estimate of drug-likeness (QED) is 0.884. The van der Waals surface area contributed by atoms with Gasteiger partial charge in [-0.1, -0.05) is 6.07 Å². The lowest BCUT2D eigenvalue weighted by Gasteiger charge is -2.33. The molecule has 2 aromatic rings. The van der Waals surface area contributed by atoms with Gasteiger partial charge in [-0.15, -0.1) is 0 Å². The van der Waals surface area contributed by atoms with Gasteiger partial charge in [0.15, 0.2) is 0 Å². The standard InChI is InChI=1S/C22H28N4O2/c1-15-7-8-17(12-20(15)27)22(28)26-11-5-6-18(14-26)19-13-21(24-16(2)23-19)25-9-3-4-10-25/h7-8,12-13,18,27H,3-6,9-11,14H2,1-2H3. The first kappa shape index (κ1) is 18.7. The van der Waals surface area contributed by atoms with Crippen LogP contribution in [0, 0.1) is 13.8 Å². The maximum atomic E-state index is 13.0. The van der Waals surface area contributed by atoms with Crippen molar-refractivity contribution < 1.29 is 9.90 Å². The van der Waals surface area contributed by atoms with Crippen molar-refractivity contribution in [2.75, 3.05) is 31.1 Å². The second-order valence-electron chi connectivity index (χ2n) is 7.98. The Morgan fingerprint density at radius 3 is 2.61 bits per heavy atom. The molecule has 0 saturated carbocycles. The van der Waals surface area contributed by atoms with Gasteiger partial charge < -0.3 is 14.9 Å². The van der Waals surface area contributed by atoms with Crippen LogP contribution in [-0.2, 0) is 0 Å². The Morgan fingerprint density at radius 2 is 1.86 bits per heavy atom. The van der Waals surface area contributed by atoms with Gasteiger partial charge in [0.2, 0.25) is 0 Å². The number of phenolic OH excluding ortho intramolecular Hbond substituents is 1. The lowest BCUT2D eigenvalue weighted by atomic mass is 9.93. The van der Waals surface area contributed by atoms with Crippen molar-refractivity contribution in [3.05, 3.63) is 46.9 Å². The monoisotopic (exact) mass is 380 g/mol. The van der Waals surface area contributed by atoms with Crippen LogP contribution in [0.2, 0.25) is 0 Å². The fraction of sp³-hybridized carbons (Fsp3) is 0.500. The number of carbonyl (C=O) groups excluding carboxylic acids is 1. The van der Waals surface area contributed by atoms with Crippen LogP contribution in [0.5, 0.6) is 5.75 Å². The van der Waals surface area contributed by atoms with Crippen molar-refractivity contribution in [2.24, 2.45) is 0 Å². The first-order valence-electron chi connectivity index (χ1n) is 10.2. The van der Waals surface area contributed by atoms with Crippen molar-refractivity contribution in [3.8, 4) is 5.75 Å². The zero-order valence-corrected chi connectivity index (χ0v) is 16.7. The van der Waals surface area contributed by atoms with Crippen molar-refractivity contribution in [1.82, 2.24) is 14.9 Å². The Kier molecular flexibility index (Phi) is 5.20. The van der Waals surface area contributed by atoms with Crippen molar-refractivity contribution in [1.29, 1.82) is 0 Å². The van der Waals surface area contributed by atoms with Crippen LogP contribution in [0.4, 0.5) is 5.82 Å². The summed E-state index contributed by atoms with van der Waals surface area (Å²) in [5, 5.41) is 9.95. The molecule has 1 amide bonds. The number of anilines is 1. The number of hydrogen-bond acceptors (Lipinski definition) is 5. The Labute approximate surface area is 166 Å². The summed E-state index contributed by atoms with van der Waals surface area (Å²) in [5.74, 6) is 2.18. The lowest BCUT2D eigenvalue weighted by Crippen LogP contribution is -2.39. The van der Waals surface area contributed by atoms with E-state index in [4.69, 9.17) is 4.98 Å². The summed E-state index contributed by atoms with van der Waals surface area (Å²) >= 11 is 0. The molecule has 0 spiro atoms. The second-order valence-corrected chi connectivity index (χ2v) is 7.98. The Hall–Kier alpha value is -2.63. The third kappa shape index (κ3) is 3.81. The molecule has 2 aliphatic heterocycles. The average molecular weight is 380 g/mol. The van der Waals surface area contributed by atoms with Gasteiger partial charge in [-0.25, -0.2) is 9.97 Å². The van der Waals surface area contributed by atoms with Gasteiger partial charge in [-0.2, -0.15) is 0 Å². The molecule has 2 saturated heterocycles. The number of rotatable bonds is 3. The minimum Gasteiger partial charge on any atom is -0.508 e. The van der Waals surface area contributed by atoms with Crippen LogP contribution in [0.1, 0.15) is 59.0 Å². The van der Waals surface area contributed by atoms with Gasteiger partial charge in [0.25, 0.3) is 5.91 Å². The molecular weight excluding hydrogens is 352 g/mol. The predicted molar refractivity (Wildman–Crippen MR) is 109 cm³/mol. The average Bonchev–Trinajstić information content (AvgIpc) is 3.24. The molecule has 6 heteroatoms. The van der Waals surface area contributed by atoms with E-state index < -0.39 is 0 Å². The van der Waals surface area contributed by atoms with Gasteiger partial charge in [-0.3, -0.25) is 4.79 Å². The highest BCUT2D eigenvalue weighted by molar-refractivity contribution is 5.94. The molecule has 1 unspecified atom stereocenters. The van der Waals surface area contributed by atoms with E-state index in [1.54, 1.807) is 18.2 Å². The predicted octanol–water partition coefficient (Wildman–Crippen LogP) is 3.42. The van der Waals surface area contributed by atoms with Gasteiger partial charge >= 0.3 is 0 Å². The molecule has 2 aliphatic rings. The summed E-state index contributed by atoms with van der Waals surface area (Å²) in [6.45, 7) is 7.29. The van der Waals surface area contributed by atoms with E-state index in [-0.39, 0.29) is 17.6 Å². The molecule has 28 heavy (non-hydrogen) atoms. The molecular formula is C22H28N4O2. The molecule has 0 aliphatic carbocycles. The Bertz CT molecular complexity index is 877.